The zero-order chi connectivity index (χ0) is 24.8. The quantitative estimate of drug-likeness (QED) is 0.540. The van der Waals surface area contributed by atoms with E-state index in [0.29, 0.717) is 49.2 Å². The highest BCUT2D eigenvalue weighted by Gasteiger charge is 2.49. The number of fused-ring (bicyclic) bond motifs is 1. The summed E-state index contributed by atoms with van der Waals surface area (Å²) in [7, 11) is 0. The van der Waals surface area contributed by atoms with Crippen LogP contribution in [0.3, 0.4) is 0 Å². The van der Waals surface area contributed by atoms with Gasteiger partial charge in [-0.15, -0.1) is 6.58 Å². The number of aromatic nitrogens is 4. The largest absolute Gasteiger partial charge is 0.388 e. The summed E-state index contributed by atoms with van der Waals surface area (Å²) in [6, 6.07) is 5.76. The van der Waals surface area contributed by atoms with Crippen LogP contribution in [0, 0.1) is 5.82 Å². The van der Waals surface area contributed by atoms with Gasteiger partial charge in [-0.2, -0.15) is 5.10 Å². The third kappa shape index (κ3) is 4.06. The molecular formula is C25H29FN6O3. The number of aliphatic hydroxyl groups is 1. The first-order chi connectivity index (χ1) is 16.7. The minimum atomic E-state index is -1.12. The normalized spacial score (nSPS) is 22.2. The molecule has 35 heavy (non-hydrogen) atoms. The molecule has 4 heterocycles. The number of nitrogens with zero attached hydrogens (tertiary/aromatic N) is 6. The van der Waals surface area contributed by atoms with Crippen LogP contribution < -0.4 is 5.56 Å². The summed E-state index contributed by atoms with van der Waals surface area (Å²) in [4.78, 5) is 34.6. The number of piperidine rings is 1. The van der Waals surface area contributed by atoms with E-state index in [-0.39, 0.29) is 23.8 Å². The number of carbonyl (C=O) groups excluding carboxylic acids is 1. The van der Waals surface area contributed by atoms with Gasteiger partial charge in [-0.25, -0.2) is 14.1 Å². The highest BCUT2D eigenvalue weighted by atomic mass is 19.1. The van der Waals surface area contributed by atoms with Gasteiger partial charge in [-0.1, -0.05) is 6.08 Å². The third-order valence-electron chi connectivity index (χ3n) is 7.45. The summed E-state index contributed by atoms with van der Waals surface area (Å²) < 4.78 is 16.1. The number of likely N-dealkylation sites (tertiary alicyclic amines) is 2. The average Bonchev–Trinajstić information content (AvgIpc) is 3.28. The smallest absolute Gasteiger partial charge is 0.264 e. The Morgan fingerprint density at radius 2 is 1.91 bits per heavy atom. The molecule has 2 aromatic heterocycles. The molecule has 3 aromatic rings. The molecular weight excluding hydrogens is 451 g/mol. The Morgan fingerprint density at radius 3 is 2.54 bits per heavy atom. The van der Waals surface area contributed by atoms with Gasteiger partial charge in [-0.05, 0) is 50.5 Å². The van der Waals surface area contributed by atoms with E-state index in [1.165, 1.54) is 33.9 Å². The molecule has 5 rings (SSSR count). The Bertz CT molecular complexity index is 1330. The maximum atomic E-state index is 13.3. The molecule has 0 saturated carbocycles. The van der Waals surface area contributed by atoms with E-state index in [1.807, 2.05) is 17.9 Å². The van der Waals surface area contributed by atoms with Crippen molar-refractivity contribution >= 4 is 16.9 Å². The Hall–Kier alpha value is -3.37. The lowest BCUT2D eigenvalue weighted by Crippen LogP contribution is -2.67. The number of rotatable bonds is 6. The Kier molecular flexibility index (Phi) is 5.80. The zero-order valence-electron chi connectivity index (χ0n) is 19.7. The van der Waals surface area contributed by atoms with Gasteiger partial charge in [-0.3, -0.25) is 19.1 Å². The van der Waals surface area contributed by atoms with Crippen LogP contribution in [0.5, 0.6) is 0 Å². The second-order valence-corrected chi connectivity index (χ2v) is 9.72. The van der Waals surface area contributed by atoms with Crippen molar-refractivity contribution in [2.75, 3.05) is 26.2 Å². The SMILES string of the molecule is C=CCN1CC[C@]1(C)C(=O)N1CCC(O)(Cn2cnc3c(cnn3-c3ccc(F)cc3)c2=O)CC1. The molecule has 0 spiro atoms. The van der Waals surface area contributed by atoms with Crippen molar-refractivity contribution in [1.29, 1.82) is 0 Å². The van der Waals surface area contributed by atoms with Crippen molar-refractivity contribution < 1.29 is 14.3 Å². The van der Waals surface area contributed by atoms with E-state index < -0.39 is 11.1 Å². The molecule has 2 aliphatic heterocycles. The van der Waals surface area contributed by atoms with Gasteiger partial charge >= 0.3 is 0 Å². The van der Waals surface area contributed by atoms with Gasteiger partial charge in [0.1, 0.15) is 17.5 Å². The highest BCUT2D eigenvalue weighted by Crippen LogP contribution is 2.34. The predicted octanol–water partition coefficient (Wildman–Crippen LogP) is 1.73. The molecule has 0 bridgehead atoms. The summed E-state index contributed by atoms with van der Waals surface area (Å²) in [5.41, 5.74) is -0.987. The van der Waals surface area contributed by atoms with Crippen LogP contribution >= 0.6 is 0 Å². The summed E-state index contributed by atoms with van der Waals surface area (Å²) in [6.07, 6.45) is 6.21. The van der Waals surface area contributed by atoms with Crippen molar-refractivity contribution in [3.8, 4) is 5.69 Å². The number of hydrogen-bond acceptors (Lipinski definition) is 6. The molecule has 1 N–H and O–H groups in total. The predicted molar refractivity (Wildman–Crippen MR) is 129 cm³/mol. The van der Waals surface area contributed by atoms with Crippen molar-refractivity contribution in [2.24, 2.45) is 0 Å². The van der Waals surface area contributed by atoms with Gasteiger partial charge < -0.3 is 10.0 Å². The van der Waals surface area contributed by atoms with Crippen LogP contribution in [0.4, 0.5) is 4.39 Å². The van der Waals surface area contributed by atoms with Crippen molar-refractivity contribution in [2.45, 2.75) is 43.9 Å². The van der Waals surface area contributed by atoms with E-state index in [9.17, 15) is 19.1 Å². The van der Waals surface area contributed by atoms with Crippen LogP contribution in [0.25, 0.3) is 16.7 Å². The van der Waals surface area contributed by atoms with Crippen LogP contribution in [0.2, 0.25) is 0 Å². The fraction of sp³-hybridized carbons (Fsp3) is 0.440. The summed E-state index contributed by atoms with van der Waals surface area (Å²) >= 11 is 0. The molecule has 1 atom stereocenters. The molecule has 0 radical (unpaired) electrons. The number of halogens is 1. The fourth-order valence-corrected chi connectivity index (χ4v) is 5.07. The second kappa shape index (κ2) is 8.69. The van der Waals surface area contributed by atoms with E-state index >= 15 is 0 Å². The molecule has 10 heteroatoms. The van der Waals surface area contributed by atoms with Gasteiger partial charge in [0.15, 0.2) is 5.65 Å². The molecule has 184 valence electrons. The van der Waals surface area contributed by atoms with E-state index in [1.54, 1.807) is 12.1 Å². The van der Waals surface area contributed by atoms with Crippen molar-refractivity contribution in [3.05, 3.63) is 65.6 Å². The van der Waals surface area contributed by atoms with Gasteiger partial charge in [0.2, 0.25) is 5.91 Å². The van der Waals surface area contributed by atoms with Crippen molar-refractivity contribution in [1.82, 2.24) is 29.1 Å². The highest BCUT2D eigenvalue weighted by molar-refractivity contribution is 5.87. The van der Waals surface area contributed by atoms with E-state index in [0.717, 1.165) is 13.0 Å². The topological polar surface area (TPSA) is 96.5 Å². The van der Waals surface area contributed by atoms with Crippen LogP contribution in [-0.4, -0.2) is 77.5 Å². The number of carbonyl (C=O) groups is 1. The standard InChI is InChI=1S/C25H29FN6O3/c1-3-11-31-14-8-24(31,2)23(34)29-12-9-25(35,10-13-29)16-30-17-27-21-20(22(30)33)15-28-32(21)19-6-4-18(26)5-7-19/h3-7,15,17,35H,1,8-14,16H2,2H3/t24-/m1/s1. The number of benzene rings is 1. The second-order valence-electron chi connectivity index (χ2n) is 9.72. The number of hydrogen-bond donors (Lipinski definition) is 1. The minimum absolute atomic E-state index is 0.0817. The Labute approximate surface area is 202 Å². The minimum Gasteiger partial charge on any atom is -0.388 e. The molecule has 9 nitrogen and oxygen atoms in total. The molecule has 2 aliphatic rings. The maximum absolute atomic E-state index is 13.3. The first kappa shape index (κ1) is 23.4. The van der Waals surface area contributed by atoms with Crippen LogP contribution in [0.1, 0.15) is 26.2 Å². The maximum Gasteiger partial charge on any atom is 0.264 e. The summed E-state index contributed by atoms with van der Waals surface area (Å²) in [6.45, 7) is 8.24. The van der Waals surface area contributed by atoms with Gasteiger partial charge in [0.25, 0.3) is 5.56 Å². The molecule has 1 aromatic carbocycles. The fourth-order valence-electron chi connectivity index (χ4n) is 5.07. The number of amides is 1. The van der Waals surface area contributed by atoms with E-state index in [2.05, 4.69) is 21.6 Å². The zero-order valence-corrected chi connectivity index (χ0v) is 19.7. The van der Waals surface area contributed by atoms with Gasteiger partial charge in [0, 0.05) is 26.2 Å². The first-order valence-corrected chi connectivity index (χ1v) is 11.8. The van der Waals surface area contributed by atoms with Gasteiger partial charge in [0.05, 0.1) is 29.6 Å². The molecule has 0 unspecified atom stereocenters. The Morgan fingerprint density at radius 1 is 1.20 bits per heavy atom. The molecule has 1 amide bonds. The van der Waals surface area contributed by atoms with E-state index in [4.69, 9.17) is 0 Å². The molecule has 2 saturated heterocycles. The lowest BCUT2D eigenvalue weighted by Gasteiger charge is -2.52. The monoisotopic (exact) mass is 480 g/mol. The lowest BCUT2D eigenvalue weighted by atomic mass is 9.83. The first-order valence-electron chi connectivity index (χ1n) is 11.8. The van der Waals surface area contributed by atoms with Crippen LogP contribution in [0.15, 0.2) is 54.2 Å². The Balaban J connectivity index is 1.29. The third-order valence-corrected chi connectivity index (χ3v) is 7.45. The lowest BCUT2D eigenvalue weighted by molar-refractivity contribution is -0.156. The molecule has 0 aliphatic carbocycles. The molecule has 2 fully saturated rings. The van der Waals surface area contributed by atoms with Crippen LogP contribution in [-0.2, 0) is 11.3 Å². The summed E-state index contributed by atoms with van der Waals surface area (Å²) in [5, 5.41) is 15.8. The van der Waals surface area contributed by atoms with Crippen molar-refractivity contribution in [3.63, 3.8) is 0 Å². The summed E-state index contributed by atoms with van der Waals surface area (Å²) in [5.74, 6) is -0.279. The average molecular weight is 481 g/mol.